The Labute approximate surface area is 96.8 Å². The van der Waals surface area contributed by atoms with Crippen LogP contribution in [-0.2, 0) is 6.54 Å². The number of rotatable bonds is 2. The number of nitrogens with one attached hydrogen (secondary N) is 1. The van der Waals surface area contributed by atoms with Crippen molar-refractivity contribution >= 4 is 5.82 Å². The molecule has 0 aliphatic carbocycles. The quantitative estimate of drug-likeness (QED) is 0.765. The molecule has 1 aliphatic rings. The van der Waals surface area contributed by atoms with E-state index in [2.05, 4.69) is 28.2 Å². The second kappa shape index (κ2) is 4.80. The van der Waals surface area contributed by atoms with Gasteiger partial charge in [-0.2, -0.15) is 0 Å². The SMILES string of the molecule is Cc1cc(C)c(CN)c(N2CCNCC2)n1. The largest absolute Gasteiger partial charge is 0.354 e. The second-order valence-corrected chi connectivity index (χ2v) is 4.32. The highest BCUT2D eigenvalue weighted by Crippen LogP contribution is 2.22. The molecule has 1 aromatic heterocycles. The van der Waals surface area contributed by atoms with Gasteiger partial charge in [0.25, 0.3) is 0 Å². The lowest BCUT2D eigenvalue weighted by atomic mass is 10.1. The van der Waals surface area contributed by atoms with Crippen LogP contribution in [-0.4, -0.2) is 31.2 Å². The zero-order valence-electron chi connectivity index (χ0n) is 10.1. The zero-order valence-corrected chi connectivity index (χ0v) is 10.1. The summed E-state index contributed by atoms with van der Waals surface area (Å²) in [6.45, 7) is 8.81. The highest BCUT2D eigenvalue weighted by molar-refractivity contribution is 5.52. The van der Waals surface area contributed by atoms with Gasteiger partial charge in [0, 0.05) is 44.0 Å². The van der Waals surface area contributed by atoms with E-state index in [0.717, 1.165) is 37.7 Å². The number of hydrogen-bond acceptors (Lipinski definition) is 4. The van der Waals surface area contributed by atoms with Gasteiger partial charge in [-0.05, 0) is 25.5 Å². The van der Waals surface area contributed by atoms with Crippen LogP contribution in [0.5, 0.6) is 0 Å². The van der Waals surface area contributed by atoms with Gasteiger partial charge in [-0.1, -0.05) is 0 Å². The van der Waals surface area contributed by atoms with Crippen molar-refractivity contribution in [2.24, 2.45) is 5.73 Å². The molecule has 0 atom stereocenters. The first-order chi connectivity index (χ1) is 7.72. The lowest BCUT2D eigenvalue weighted by Crippen LogP contribution is -2.44. The first kappa shape index (κ1) is 11.4. The molecule has 0 aromatic carbocycles. The summed E-state index contributed by atoms with van der Waals surface area (Å²) in [5, 5.41) is 3.35. The molecule has 0 saturated carbocycles. The first-order valence-electron chi connectivity index (χ1n) is 5.85. The summed E-state index contributed by atoms with van der Waals surface area (Å²) in [5.74, 6) is 1.08. The maximum absolute atomic E-state index is 5.83. The average Bonchev–Trinajstić information content (AvgIpc) is 2.29. The predicted molar refractivity (Wildman–Crippen MR) is 66.7 cm³/mol. The predicted octanol–water partition coefficient (Wildman–Crippen LogP) is 0.567. The van der Waals surface area contributed by atoms with Gasteiger partial charge in [-0.3, -0.25) is 0 Å². The Hall–Kier alpha value is -1.13. The monoisotopic (exact) mass is 220 g/mol. The van der Waals surface area contributed by atoms with E-state index in [1.54, 1.807) is 0 Å². The summed E-state index contributed by atoms with van der Waals surface area (Å²) in [5.41, 5.74) is 9.34. The van der Waals surface area contributed by atoms with Gasteiger partial charge in [0.05, 0.1) is 0 Å². The molecule has 2 rings (SSSR count). The van der Waals surface area contributed by atoms with Crippen molar-refractivity contribution in [3.63, 3.8) is 0 Å². The van der Waals surface area contributed by atoms with E-state index in [1.807, 2.05) is 6.92 Å². The third-order valence-electron chi connectivity index (χ3n) is 3.07. The van der Waals surface area contributed by atoms with E-state index in [-0.39, 0.29) is 0 Å². The summed E-state index contributed by atoms with van der Waals surface area (Å²) in [6, 6.07) is 2.11. The molecule has 1 saturated heterocycles. The molecule has 0 spiro atoms. The molecule has 0 unspecified atom stereocenters. The van der Waals surface area contributed by atoms with Crippen LogP contribution in [0.3, 0.4) is 0 Å². The van der Waals surface area contributed by atoms with E-state index in [4.69, 9.17) is 5.73 Å². The van der Waals surface area contributed by atoms with E-state index in [0.29, 0.717) is 6.54 Å². The maximum Gasteiger partial charge on any atom is 0.133 e. The molecule has 1 aromatic rings. The van der Waals surface area contributed by atoms with E-state index >= 15 is 0 Å². The van der Waals surface area contributed by atoms with Crippen LogP contribution in [0.1, 0.15) is 16.8 Å². The minimum Gasteiger partial charge on any atom is -0.354 e. The number of aryl methyl sites for hydroxylation is 2. The lowest BCUT2D eigenvalue weighted by Gasteiger charge is -2.30. The van der Waals surface area contributed by atoms with Gasteiger partial charge in [-0.25, -0.2) is 4.98 Å². The number of anilines is 1. The summed E-state index contributed by atoms with van der Waals surface area (Å²) < 4.78 is 0. The fraction of sp³-hybridized carbons (Fsp3) is 0.583. The number of hydrogen-bond donors (Lipinski definition) is 2. The van der Waals surface area contributed by atoms with Crippen LogP contribution >= 0.6 is 0 Å². The van der Waals surface area contributed by atoms with Crippen molar-refractivity contribution in [3.05, 3.63) is 22.9 Å². The minimum atomic E-state index is 0.568. The van der Waals surface area contributed by atoms with Gasteiger partial charge in [0.15, 0.2) is 0 Å². The molecule has 3 N–H and O–H groups in total. The smallest absolute Gasteiger partial charge is 0.133 e. The van der Waals surface area contributed by atoms with E-state index in [9.17, 15) is 0 Å². The summed E-state index contributed by atoms with van der Waals surface area (Å²) in [4.78, 5) is 6.98. The Morgan fingerprint density at radius 2 is 2.06 bits per heavy atom. The lowest BCUT2D eigenvalue weighted by molar-refractivity contribution is 0.582. The summed E-state index contributed by atoms with van der Waals surface area (Å²) >= 11 is 0. The molecular formula is C12H20N4. The van der Waals surface area contributed by atoms with Gasteiger partial charge in [0.1, 0.15) is 5.82 Å². The highest BCUT2D eigenvalue weighted by atomic mass is 15.2. The number of nitrogens with two attached hydrogens (primary N) is 1. The van der Waals surface area contributed by atoms with Crippen molar-refractivity contribution in [3.8, 4) is 0 Å². The Kier molecular flexibility index (Phi) is 3.41. The van der Waals surface area contributed by atoms with Crippen molar-refractivity contribution < 1.29 is 0 Å². The van der Waals surface area contributed by atoms with Crippen LogP contribution in [0.25, 0.3) is 0 Å². The van der Waals surface area contributed by atoms with Gasteiger partial charge in [0.2, 0.25) is 0 Å². The standard InChI is InChI=1S/C12H20N4/c1-9-7-10(2)15-12(11(9)8-13)16-5-3-14-4-6-16/h7,14H,3-6,8,13H2,1-2H3. The van der Waals surface area contributed by atoms with Crippen LogP contribution in [0, 0.1) is 13.8 Å². The van der Waals surface area contributed by atoms with Crippen LogP contribution in [0.4, 0.5) is 5.82 Å². The van der Waals surface area contributed by atoms with Crippen LogP contribution in [0.2, 0.25) is 0 Å². The van der Waals surface area contributed by atoms with Gasteiger partial charge >= 0.3 is 0 Å². The molecule has 88 valence electrons. The second-order valence-electron chi connectivity index (χ2n) is 4.32. The minimum absolute atomic E-state index is 0.568. The molecule has 4 heteroatoms. The highest BCUT2D eigenvalue weighted by Gasteiger charge is 2.16. The Morgan fingerprint density at radius 3 is 2.69 bits per heavy atom. The zero-order chi connectivity index (χ0) is 11.5. The van der Waals surface area contributed by atoms with E-state index in [1.165, 1.54) is 11.1 Å². The summed E-state index contributed by atoms with van der Waals surface area (Å²) in [7, 11) is 0. The first-order valence-corrected chi connectivity index (χ1v) is 5.85. The molecule has 1 fully saturated rings. The van der Waals surface area contributed by atoms with Crippen LogP contribution < -0.4 is 16.0 Å². The van der Waals surface area contributed by atoms with Crippen molar-refractivity contribution in [2.75, 3.05) is 31.1 Å². The third-order valence-corrected chi connectivity index (χ3v) is 3.07. The van der Waals surface area contributed by atoms with Crippen molar-refractivity contribution in [2.45, 2.75) is 20.4 Å². The molecule has 0 amide bonds. The summed E-state index contributed by atoms with van der Waals surface area (Å²) in [6.07, 6.45) is 0. The molecular weight excluding hydrogens is 200 g/mol. The maximum atomic E-state index is 5.83. The Morgan fingerprint density at radius 1 is 1.38 bits per heavy atom. The Bertz CT molecular complexity index is 370. The number of pyridine rings is 1. The molecule has 2 heterocycles. The Balaban J connectivity index is 2.36. The fourth-order valence-corrected chi connectivity index (χ4v) is 2.23. The van der Waals surface area contributed by atoms with E-state index < -0.39 is 0 Å². The van der Waals surface area contributed by atoms with Crippen LogP contribution in [0.15, 0.2) is 6.07 Å². The normalized spacial score (nSPS) is 16.6. The molecule has 16 heavy (non-hydrogen) atoms. The third kappa shape index (κ3) is 2.18. The topological polar surface area (TPSA) is 54.2 Å². The van der Waals surface area contributed by atoms with Crippen molar-refractivity contribution in [1.82, 2.24) is 10.3 Å². The molecule has 4 nitrogen and oxygen atoms in total. The molecule has 0 radical (unpaired) electrons. The van der Waals surface area contributed by atoms with Gasteiger partial charge < -0.3 is 16.0 Å². The molecule has 0 bridgehead atoms. The number of aromatic nitrogens is 1. The average molecular weight is 220 g/mol. The van der Waals surface area contributed by atoms with Crippen molar-refractivity contribution in [1.29, 1.82) is 0 Å². The molecule has 1 aliphatic heterocycles. The van der Waals surface area contributed by atoms with Gasteiger partial charge in [-0.15, -0.1) is 0 Å². The fourth-order valence-electron chi connectivity index (χ4n) is 2.23. The number of nitrogens with zero attached hydrogens (tertiary/aromatic N) is 2. The number of piperazine rings is 1.